The van der Waals surface area contributed by atoms with E-state index in [9.17, 15) is 4.79 Å². The molecule has 2 rings (SSSR count). The van der Waals surface area contributed by atoms with Gasteiger partial charge >= 0.3 is 0 Å². The van der Waals surface area contributed by atoms with Gasteiger partial charge in [0.2, 0.25) is 0 Å². The van der Waals surface area contributed by atoms with Crippen LogP contribution >= 0.6 is 15.9 Å². The zero-order chi connectivity index (χ0) is 18.8. The lowest BCUT2D eigenvalue weighted by atomic mass is 10.2. The summed E-state index contributed by atoms with van der Waals surface area (Å²) in [5.41, 5.74) is 0.647. The van der Waals surface area contributed by atoms with Crippen molar-refractivity contribution in [1.82, 2.24) is 15.5 Å². The Bertz CT molecular complexity index is 588. The molecule has 0 atom stereocenters. The number of halogens is 1. The summed E-state index contributed by atoms with van der Waals surface area (Å²) in [5, 5.41) is 6.17. The number of guanidine groups is 1. The summed E-state index contributed by atoms with van der Waals surface area (Å²) in [7, 11) is 2.00. The summed E-state index contributed by atoms with van der Waals surface area (Å²) in [6, 6.07) is 7.30. The second-order valence-corrected chi connectivity index (χ2v) is 7.35. The van der Waals surface area contributed by atoms with E-state index in [0.29, 0.717) is 25.3 Å². The van der Waals surface area contributed by atoms with E-state index in [4.69, 9.17) is 4.74 Å². The Morgan fingerprint density at radius 2 is 2.04 bits per heavy atom. The van der Waals surface area contributed by atoms with Crippen LogP contribution in [0, 0.1) is 5.92 Å². The van der Waals surface area contributed by atoms with Gasteiger partial charge in [0.15, 0.2) is 5.96 Å². The molecule has 0 saturated heterocycles. The van der Waals surface area contributed by atoms with Crippen molar-refractivity contribution in [3.8, 4) is 0 Å². The van der Waals surface area contributed by atoms with Gasteiger partial charge in [0, 0.05) is 43.3 Å². The van der Waals surface area contributed by atoms with Gasteiger partial charge in [0.05, 0.1) is 13.2 Å². The highest BCUT2D eigenvalue weighted by atomic mass is 79.9. The SMILES string of the molecule is CCNC(=NCCNC(=O)c1ccc(Br)cc1)N(C)CCOCC1CC1. The summed E-state index contributed by atoms with van der Waals surface area (Å²) < 4.78 is 6.64. The Morgan fingerprint density at radius 1 is 1.31 bits per heavy atom. The second-order valence-electron chi connectivity index (χ2n) is 6.44. The molecule has 26 heavy (non-hydrogen) atoms. The van der Waals surface area contributed by atoms with Gasteiger partial charge in [-0.1, -0.05) is 15.9 Å². The van der Waals surface area contributed by atoms with Crippen LogP contribution in [0.5, 0.6) is 0 Å². The fourth-order valence-corrected chi connectivity index (χ4v) is 2.61. The van der Waals surface area contributed by atoms with Crippen molar-refractivity contribution in [3.63, 3.8) is 0 Å². The molecule has 2 N–H and O–H groups in total. The van der Waals surface area contributed by atoms with E-state index in [1.54, 1.807) is 12.1 Å². The number of carbonyl (C=O) groups is 1. The molecule has 7 heteroatoms. The third kappa shape index (κ3) is 7.74. The number of carbonyl (C=O) groups excluding carboxylic acids is 1. The van der Waals surface area contributed by atoms with Crippen molar-refractivity contribution < 1.29 is 9.53 Å². The molecule has 0 heterocycles. The van der Waals surface area contributed by atoms with Crippen molar-refractivity contribution in [1.29, 1.82) is 0 Å². The minimum absolute atomic E-state index is 0.0838. The summed E-state index contributed by atoms with van der Waals surface area (Å²) in [6.45, 7) is 6.25. The van der Waals surface area contributed by atoms with Gasteiger partial charge in [-0.3, -0.25) is 9.79 Å². The van der Waals surface area contributed by atoms with Crippen LogP contribution in [-0.4, -0.2) is 63.2 Å². The van der Waals surface area contributed by atoms with Crippen LogP contribution in [0.1, 0.15) is 30.1 Å². The predicted molar refractivity (Wildman–Crippen MR) is 109 cm³/mol. The van der Waals surface area contributed by atoms with Crippen LogP contribution in [0.25, 0.3) is 0 Å². The Labute approximate surface area is 164 Å². The van der Waals surface area contributed by atoms with Gasteiger partial charge in [-0.2, -0.15) is 0 Å². The van der Waals surface area contributed by atoms with Gasteiger partial charge < -0.3 is 20.3 Å². The minimum atomic E-state index is -0.0838. The molecule has 144 valence electrons. The predicted octanol–water partition coefficient (Wildman–Crippen LogP) is 2.50. The molecule has 1 fully saturated rings. The second kappa shape index (κ2) is 11.2. The fourth-order valence-electron chi connectivity index (χ4n) is 2.35. The van der Waals surface area contributed by atoms with E-state index < -0.39 is 0 Å². The lowest BCUT2D eigenvalue weighted by Crippen LogP contribution is -2.41. The Morgan fingerprint density at radius 3 is 2.69 bits per heavy atom. The molecule has 1 aromatic rings. The molecule has 1 saturated carbocycles. The number of hydrogen-bond acceptors (Lipinski definition) is 3. The first-order valence-electron chi connectivity index (χ1n) is 9.21. The molecule has 0 aliphatic heterocycles. The number of amides is 1. The average molecular weight is 425 g/mol. The maximum Gasteiger partial charge on any atom is 0.251 e. The Hall–Kier alpha value is -1.60. The van der Waals surface area contributed by atoms with E-state index in [1.165, 1.54) is 12.8 Å². The number of aliphatic imine (C=N–C) groups is 1. The van der Waals surface area contributed by atoms with Crippen molar-refractivity contribution in [3.05, 3.63) is 34.3 Å². The number of hydrogen-bond donors (Lipinski definition) is 2. The summed E-state index contributed by atoms with van der Waals surface area (Å²) in [6.07, 6.45) is 2.62. The summed E-state index contributed by atoms with van der Waals surface area (Å²) in [4.78, 5) is 18.7. The van der Waals surface area contributed by atoms with E-state index in [0.717, 1.165) is 36.0 Å². The summed E-state index contributed by atoms with van der Waals surface area (Å²) in [5.74, 6) is 1.54. The first kappa shape index (κ1) is 20.7. The molecule has 6 nitrogen and oxygen atoms in total. The van der Waals surface area contributed by atoms with Gasteiger partial charge in [-0.15, -0.1) is 0 Å². The van der Waals surface area contributed by atoms with Crippen LogP contribution in [0.3, 0.4) is 0 Å². The Kier molecular flexibility index (Phi) is 8.91. The molecule has 1 aliphatic rings. The average Bonchev–Trinajstić information content (AvgIpc) is 3.46. The van der Waals surface area contributed by atoms with Crippen molar-refractivity contribution in [2.24, 2.45) is 10.9 Å². The van der Waals surface area contributed by atoms with Crippen molar-refractivity contribution >= 4 is 27.8 Å². The highest BCUT2D eigenvalue weighted by Gasteiger charge is 2.21. The maximum atomic E-state index is 12.1. The molecule has 0 bridgehead atoms. The first-order valence-corrected chi connectivity index (χ1v) is 10.0. The van der Waals surface area contributed by atoms with Gasteiger partial charge in [0.1, 0.15) is 0 Å². The highest BCUT2D eigenvalue weighted by Crippen LogP contribution is 2.28. The molecule has 0 spiro atoms. The molecule has 1 amide bonds. The summed E-state index contributed by atoms with van der Waals surface area (Å²) >= 11 is 3.37. The Balaban J connectivity index is 1.70. The van der Waals surface area contributed by atoms with Gasteiger partial charge in [0.25, 0.3) is 5.91 Å². The van der Waals surface area contributed by atoms with E-state index in [-0.39, 0.29) is 5.91 Å². The molecular formula is C19H29BrN4O2. The van der Waals surface area contributed by atoms with Gasteiger partial charge in [-0.05, 0) is 49.9 Å². The van der Waals surface area contributed by atoms with Gasteiger partial charge in [-0.25, -0.2) is 0 Å². The number of nitrogens with one attached hydrogen (secondary N) is 2. The number of ether oxygens (including phenoxy) is 1. The number of benzene rings is 1. The normalized spacial score (nSPS) is 14.2. The van der Waals surface area contributed by atoms with E-state index in [2.05, 4.69) is 36.5 Å². The third-order valence-electron chi connectivity index (χ3n) is 4.08. The van der Waals surface area contributed by atoms with E-state index in [1.807, 2.05) is 26.1 Å². The van der Waals surface area contributed by atoms with Crippen molar-refractivity contribution in [2.75, 3.05) is 46.4 Å². The molecule has 1 aliphatic carbocycles. The van der Waals surface area contributed by atoms with Crippen LogP contribution in [0.4, 0.5) is 0 Å². The zero-order valence-electron chi connectivity index (χ0n) is 15.6. The van der Waals surface area contributed by atoms with E-state index >= 15 is 0 Å². The number of rotatable bonds is 10. The number of nitrogens with zero attached hydrogens (tertiary/aromatic N) is 2. The first-order chi connectivity index (χ1) is 12.6. The molecule has 0 radical (unpaired) electrons. The lowest BCUT2D eigenvalue weighted by Gasteiger charge is -2.22. The number of likely N-dealkylation sites (N-methyl/N-ethyl adjacent to an activating group) is 1. The fraction of sp³-hybridized carbons (Fsp3) is 0.579. The van der Waals surface area contributed by atoms with Crippen LogP contribution in [-0.2, 0) is 4.74 Å². The van der Waals surface area contributed by atoms with Crippen molar-refractivity contribution in [2.45, 2.75) is 19.8 Å². The molecule has 0 unspecified atom stereocenters. The highest BCUT2D eigenvalue weighted by molar-refractivity contribution is 9.10. The molecule has 0 aromatic heterocycles. The molecule has 1 aromatic carbocycles. The smallest absolute Gasteiger partial charge is 0.251 e. The van der Waals surface area contributed by atoms with Crippen LogP contribution < -0.4 is 10.6 Å². The quantitative estimate of drug-likeness (QED) is 0.344. The maximum absolute atomic E-state index is 12.1. The van der Waals surface area contributed by atoms with Crippen LogP contribution in [0.15, 0.2) is 33.7 Å². The van der Waals surface area contributed by atoms with Crippen LogP contribution in [0.2, 0.25) is 0 Å². The zero-order valence-corrected chi connectivity index (χ0v) is 17.2. The monoisotopic (exact) mass is 424 g/mol. The largest absolute Gasteiger partial charge is 0.379 e. The lowest BCUT2D eigenvalue weighted by molar-refractivity contribution is 0.0955. The standard InChI is InChI=1S/C19H29BrN4O2/c1-3-21-19(24(2)12-13-26-14-15-4-5-15)23-11-10-22-18(25)16-6-8-17(20)9-7-16/h6-9,15H,3-5,10-14H2,1-2H3,(H,21,23)(H,22,25). The minimum Gasteiger partial charge on any atom is -0.379 e. The topological polar surface area (TPSA) is 66.0 Å². The third-order valence-corrected chi connectivity index (χ3v) is 4.61. The molecular weight excluding hydrogens is 396 g/mol.